The molecule has 1 aliphatic heterocycles. The minimum atomic E-state index is 0.185. The largest absolute Gasteiger partial charge is 0.357 e. The first kappa shape index (κ1) is 13.5. The van der Waals surface area contributed by atoms with Crippen LogP contribution in [-0.2, 0) is 4.79 Å². The van der Waals surface area contributed by atoms with Gasteiger partial charge in [0.15, 0.2) is 11.6 Å². The van der Waals surface area contributed by atoms with Crippen LogP contribution in [0.3, 0.4) is 0 Å². The van der Waals surface area contributed by atoms with Gasteiger partial charge in [-0.3, -0.25) is 9.69 Å². The number of hydrogen-bond donors (Lipinski definition) is 0. The number of para-hydroxylation sites is 2. The molecule has 1 saturated carbocycles. The maximum atomic E-state index is 12.8. The normalized spacial score (nSPS) is 18.8. The van der Waals surface area contributed by atoms with Crippen molar-refractivity contribution in [2.75, 3.05) is 29.9 Å². The highest BCUT2D eigenvalue weighted by atomic mass is 16.2. The number of fused-ring (bicyclic) bond motifs is 2. The van der Waals surface area contributed by atoms with Crippen molar-refractivity contribution in [3.8, 4) is 0 Å². The van der Waals surface area contributed by atoms with Gasteiger partial charge in [-0.1, -0.05) is 18.6 Å². The van der Waals surface area contributed by atoms with E-state index in [-0.39, 0.29) is 11.8 Å². The number of rotatable bonds is 1. The second-order valence-electron chi connectivity index (χ2n) is 6.25. The summed E-state index contributed by atoms with van der Waals surface area (Å²) in [6.07, 6.45) is 4.15. The molecule has 2 heterocycles. The van der Waals surface area contributed by atoms with E-state index in [0.717, 1.165) is 55.0 Å². The number of hydrogen-bond acceptors (Lipinski definition) is 4. The van der Waals surface area contributed by atoms with E-state index in [4.69, 9.17) is 9.97 Å². The molecule has 0 radical (unpaired) electrons. The van der Waals surface area contributed by atoms with Gasteiger partial charge >= 0.3 is 0 Å². The quantitative estimate of drug-likeness (QED) is 0.811. The molecule has 2 aliphatic rings. The lowest BCUT2D eigenvalue weighted by atomic mass is 9.84. The van der Waals surface area contributed by atoms with Gasteiger partial charge in [0.2, 0.25) is 5.91 Å². The molecule has 1 aliphatic carbocycles. The molecule has 0 N–H and O–H groups in total. The molecule has 0 saturated heterocycles. The molecule has 1 amide bonds. The van der Waals surface area contributed by atoms with Crippen LogP contribution in [0, 0.1) is 5.92 Å². The first-order valence-corrected chi connectivity index (χ1v) is 8.03. The predicted octanol–water partition coefficient (Wildman–Crippen LogP) is 2.60. The molecule has 0 unspecified atom stereocenters. The van der Waals surface area contributed by atoms with E-state index in [1.54, 1.807) is 0 Å². The Bertz CT molecular complexity index is 726. The molecule has 5 nitrogen and oxygen atoms in total. The van der Waals surface area contributed by atoms with Crippen molar-refractivity contribution in [1.29, 1.82) is 0 Å². The van der Waals surface area contributed by atoms with Crippen LogP contribution in [0.25, 0.3) is 11.0 Å². The zero-order chi connectivity index (χ0) is 15.1. The monoisotopic (exact) mass is 296 g/mol. The van der Waals surface area contributed by atoms with Crippen molar-refractivity contribution in [3.63, 3.8) is 0 Å². The lowest BCUT2D eigenvalue weighted by molar-refractivity contribution is -0.124. The fourth-order valence-corrected chi connectivity index (χ4v) is 3.19. The zero-order valence-corrected chi connectivity index (χ0v) is 12.8. The average Bonchev–Trinajstić information content (AvgIpc) is 2.63. The highest BCUT2D eigenvalue weighted by molar-refractivity contribution is 5.98. The fraction of sp³-hybridized carbons (Fsp3) is 0.471. The van der Waals surface area contributed by atoms with Crippen LogP contribution >= 0.6 is 0 Å². The van der Waals surface area contributed by atoms with Crippen LogP contribution in [0.15, 0.2) is 24.3 Å². The molecule has 1 aromatic heterocycles. The van der Waals surface area contributed by atoms with Gasteiger partial charge in [-0.15, -0.1) is 0 Å². The fourth-order valence-electron chi connectivity index (χ4n) is 3.19. The lowest BCUT2D eigenvalue weighted by Crippen LogP contribution is -2.40. The maximum Gasteiger partial charge on any atom is 0.231 e. The van der Waals surface area contributed by atoms with Crippen LogP contribution < -0.4 is 9.80 Å². The van der Waals surface area contributed by atoms with Crippen molar-refractivity contribution >= 4 is 28.6 Å². The molecule has 0 spiro atoms. The predicted molar refractivity (Wildman–Crippen MR) is 87.1 cm³/mol. The molecule has 1 aromatic carbocycles. The Labute approximate surface area is 130 Å². The number of carbonyl (C=O) groups is 1. The Kier molecular flexibility index (Phi) is 3.21. The number of nitrogens with zero attached hydrogens (tertiary/aromatic N) is 4. The third kappa shape index (κ3) is 2.12. The smallest absolute Gasteiger partial charge is 0.231 e. The van der Waals surface area contributed by atoms with E-state index in [1.807, 2.05) is 36.2 Å². The van der Waals surface area contributed by atoms with Crippen LogP contribution in [0.1, 0.15) is 25.7 Å². The summed E-state index contributed by atoms with van der Waals surface area (Å²) in [4.78, 5) is 26.3. The Morgan fingerprint density at radius 2 is 1.73 bits per heavy atom. The van der Waals surface area contributed by atoms with Crippen molar-refractivity contribution in [1.82, 2.24) is 9.97 Å². The molecular weight excluding hydrogens is 276 g/mol. The highest BCUT2D eigenvalue weighted by Gasteiger charge is 2.33. The second-order valence-corrected chi connectivity index (χ2v) is 6.25. The van der Waals surface area contributed by atoms with Crippen molar-refractivity contribution < 1.29 is 4.79 Å². The Hall–Kier alpha value is -2.17. The first-order chi connectivity index (χ1) is 10.7. The summed E-state index contributed by atoms with van der Waals surface area (Å²) in [6.45, 7) is 1.63. The molecule has 0 atom stereocenters. The van der Waals surface area contributed by atoms with E-state index in [2.05, 4.69) is 4.90 Å². The average molecular weight is 296 g/mol. The summed E-state index contributed by atoms with van der Waals surface area (Å²) in [5.74, 6) is 1.97. The number of carbonyl (C=O) groups excluding carboxylic acids is 1. The zero-order valence-electron chi connectivity index (χ0n) is 12.8. The van der Waals surface area contributed by atoms with E-state index in [9.17, 15) is 4.79 Å². The van der Waals surface area contributed by atoms with Gasteiger partial charge < -0.3 is 4.90 Å². The van der Waals surface area contributed by atoms with E-state index >= 15 is 0 Å². The van der Waals surface area contributed by atoms with Crippen LogP contribution in [0.4, 0.5) is 11.6 Å². The van der Waals surface area contributed by atoms with Gasteiger partial charge in [0.1, 0.15) is 0 Å². The topological polar surface area (TPSA) is 49.3 Å². The summed E-state index contributed by atoms with van der Waals surface area (Å²) in [5, 5.41) is 0. The summed E-state index contributed by atoms with van der Waals surface area (Å²) >= 11 is 0. The van der Waals surface area contributed by atoms with Crippen LogP contribution in [0.2, 0.25) is 0 Å². The third-order valence-electron chi connectivity index (χ3n) is 4.75. The summed E-state index contributed by atoms with van der Waals surface area (Å²) in [6, 6.07) is 7.86. The lowest BCUT2D eigenvalue weighted by Gasteiger charge is -2.31. The van der Waals surface area contributed by atoms with Crippen molar-refractivity contribution in [2.24, 2.45) is 5.92 Å². The molecule has 114 valence electrons. The third-order valence-corrected chi connectivity index (χ3v) is 4.75. The van der Waals surface area contributed by atoms with Crippen molar-refractivity contribution in [2.45, 2.75) is 25.7 Å². The molecule has 1 fully saturated rings. The summed E-state index contributed by atoms with van der Waals surface area (Å²) in [5.41, 5.74) is 1.73. The maximum absolute atomic E-state index is 12.8. The van der Waals surface area contributed by atoms with Gasteiger partial charge in [-0.05, 0) is 31.4 Å². The minimum Gasteiger partial charge on any atom is -0.357 e. The second kappa shape index (κ2) is 5.23. The van der Waals surface area contributed by atoms with Gasteiger partial charge in [-0.25, -0.2) is 9.97 Å². The first-order valence-electron chi connectivity index (χ1n) is 8.03. The van der Waals surface area contributed by atoms with Gasteiger partial charge in [0.05, 0.1) is 11.0 Å². The Morgan fingerprint density at radius 1 is 1.05 bits per heavy atom. The molecule has 0 bridgehead atoms. The number of anilines is 2. The SMILES string of the molecule is CN1CCCN(C(=O)C2CCC2)c2nc3ccccc3nc21. The molecule has 4 rings (SSSR count). The standard InChI is InChI=1S/C17H20N4O/c1-20-10-5-11-21(17(22)12-6-4-7-12)16-15(20)18-13-8-2-3-9-14(13)19-16/h2-3,8-9,12H,4-7,10-11H2,1H3. The Balaban J connectivity index is 1.84. The van der Waals surface area contributed by atoms with E-state index in [1.165, 1.54) is 6.42 Å². The molecule has 2 aromatic rings. The van der Waals surface area contributed by atoms with Crippen LogP contribution in [0.5, 0.6) is 0 Å². The summed E-state index contributed by atoms with van der Waals surface area (Å²) < 4.78 is 0. The van der Waals surface area contributed by atoms with Gasteiger partial charge in [-0.2, -0.15) is 0 Å². The van der Waals surface area contributed by atoms with E-state index in [0.29, 0.717) is 0 Å². The number of benzene rings is 1. The van der Waals surface area contributed by atoms with Gasteiger partial charge in [0, 0.05) is 26.1 Å². The van der Waals surface area contributed by atoms with Crippen molar-refractivity contribution in [3.05, 3.63) is 24.3 Å². The molecule has 5 heteroatoms. The Morgan fingerprint density at radius 3 is 2.36 bits per heavy atom. The summed E-state index contributed by atoms with van der Waals surface area (Å²) in [7, 11) is 2.03. The highest BCUT2D eigenvalue weighted by Crippen LogP contribution is 2.34. The van der Waals surface area contributed by atoms with Crippen LogP contribution in [-0.4, -0.2) is 36.0 Å². The number of amides is 1. The van der Waals surface area contributed by atoms with Gasteiger partial charge in [0.25, 0.3) is 0 Å². The molecule has 22 heavy (non-hydrogen) atoms. The minimum absolute atomic E-state index is 0.185. The number of aromatic nitrogens is 2. The van der Waals surface area contributed by atoms with E-state index < -0.39 is 0 Å². The molecular formula is C17H20N4O.